The van der Waals surface area contributed by atoms with Crippen molar-refractivity contribution in [2.75, 3.05) is 6.54 Å². The van der Waals surface area contributed by atoms with Crippen molar-refractivity contribution >= 4 is 12.2 Å². The molecule has 0 aliphatic heterocycles. The van der Waals surface area contributed by atoms with Crippen molar-refractivity contribution in [2.24, 2.45) is 16.5 Å². The second-order valence-corrected chi connectivity index (χ2v) is 2.58. The Morgan fingerprint density at radius 3 is 2.71 bits per heavy atom. The molecule has 0 bridgehead atoms. The highest BCUT2D eigenvalue weighted by molar-refractivity contribution is 5.75. The van der Waals surface area contributed by atoms with Gasteiger partial charge in [-0.3, -0.25) is 4.99 Å². The van der Waals surface area contributed by atoms with Crippen molar-refractivity contribution in [3.8, 4) is 0 Å². The Bertz CT molecular complexity index is 226. The molecule has 0 aromatic rings. The number of aliphatic imine (C=N–C) groups is 1. The van der Waals surface area contributed by atoms with Crippen LogP contribution in [0.15, 0.2) is 4.99 Å². The molecule has 0 aromatic heterocycles. The molecule has 5 N–H and O–H groups in total. The van der Waals surface area contributed by atoms with Crippen LogP contribution in [0.3, 0.4) is 0 Å². The lowest BCUT2D eigenvalue weighted by atomic mass is 10.2. The van der Waals surface area contributed by atoms with Crippen LogP contribution in [0.2, 0.25) is 0 Å². The highest BCUT2D eigenvalue weighted by atomic mass is 16.7. The molecule has 1 atom stereocenters. The largest absolute Gasteiger partial charge is 0.370 e. The standard InChI is InChI=1S/C6H13N5O3/c7-6(8)9-3-1-2-5(4-12)10-11(13)14/h4-5,10H,1-3H2,(H4,7,8,9). The van der Waals surface area contributed by atoms with Gasteiger partial charge in [0.25, 0.3) is 0 Å². The first kappa shape index (κ1) is 12.1. The Kier molecular flexibility index (Phi) is 5.75. The average Bonchev–Trinajstić information content (AvgIpc) is 2.09. The quantitative estimate of drug-likeness (QED) is 0.114. The van der Waals surface area contributed by atoms with E-state index in [1.807, 2.05) is 5.43 Å². The summed E-state index contributed by atoms with van der Waals surface area (Å²) in [5.74, 6) is -0.0325. The monoisotopic (exact) mass is 203 g/mol. The smallest absolute Gasteiger partial charge is 0.185 e. The summed E-state index contributed by atoms with van der Waals surface area (Å²) in [7, 11) is 0. The van der Waals surface area contributed by atoms with Crippen LogP contribution >= 0.6 is 0 Å². The topological polar surface area (TPSA) is 137 Å². The van der Waals surface area contributed by atoms with Gasteiger partial charge in [0.2, 0.25) is 0 Å². The van der Waals surface area contributed by atoms with Gasteiger partial charge in [-0.2, -0.15) is 0 Å². The van der Waals surface area contributed by atoms with Crippen LogP contribution in [0.1, 0.15) is 12.8 Å². The molecule has 0 aromatic carbocycles. The molecule has 0 aliphatic carbocycles. The Morgan fingerprint density at radius 2 is 2.29 bits per heavy atom. The van der Waals surface area contributed by atoms with E-state index < -0.39 is 11.1 Å². The number of carbonyl (C=O) groups is 1. The fourth-order valence-corrected chi connectivity index (χ4v) is 0.818. The molecule has 0 saturated carbocycles. The number of hydrogen-bond donors (Lipinski definition) is 3. The van der Waals surface area contributed by atoms with Crippen molar-refractivity contribution in [2.45, 2.75) is 18.9 Å². The maximum absolute atomic E-state index is 10.3. The zero-order valence-corrected chi connectivity index (χ0v) is 7.55. The number of aldehydes is 1. The lowest BCUT2D eigenvalue weighted by molar-refractivity contribution is -0.548. The van der Waals surface area contributed by atoms with E-state index >= 15 is 0 Å². The third-order valence-electron chi connectivity index (χ3n) is 1.40. The minimum atomic E-state index is -0.792. The van der Waals surface area contributed by atoms with Gasteiger partial charge in [-0.05, 0) is 12.8 Å². The molecule has 1 unspecified atom stereocenters. The predicted octanol–water partition coefficient (Wildman–Crippen LogP) is -1.61. The van der Waals surface area contributed by atoms with Crippen molar-refractivity contribution in [1.29, 1.82) is 0 Å². The van der Waals surface area contributed by atoms with Crippen LogP contribution in [0, 0.1) is 10.1 Å². The van der Waals surface area contributed by atoms with E-state index in [2.05, 4.69) is 4.99 Å². The van der Waals surface area contributed by atoms with Gasteiger partial charge in [-0.1, -0.05) is 0 Å². The summed E-state index contributed by atoms with van der Waals surface area (Å²) >= 11 is 0. The van der Waals surface area contributed by atoms with Gasteiger partial charge in [-0.15, -0.1) is 5.43 Å². The van der Waals surface area contributed by atoms with Gasteiger partial charge in [0.05, 0.1) is 0 Å². The molecule has 0 saturated heterocycles. The molecule has 8 heteroatoms. The second kappa shape index (κ2) is 6.63. The van der Waals surface area contributed by atoms with Gasteiger partial charge in [0.15, 0.2) is 11.0 Å². The van der Waals surface area contributed by atoms with Crippen molar-refractivity contribution in [1.82, 2.24) is 5.43 Å². The lowest BCUT2D eigenvalue weighted by Gasteiger charge is -2.04. The van der Waals surface area contributed by atoms with E-state index in [0.29, 0.717) is 25.7 Å². The van der Waals surface area contributed by atoms with Gasteiger partial charge in [-0.25, -0.2) is 10.1 Å². The zero-order valence-electron chi connectivity index (χ0n) is 7.55. The van der Waals surface area contributed by atoms with Gasteiger partial charge in [0.1, 0.15) is 12.3 Å². The van der Waals surface area contributed by atoms with Crippen LogP contribution in [-0.2, 0) is 4.79 Å². The van der Waals surface area contributed by atoms with E-state index in [1.54, 1.807) is 0 Å². The second-order valence-electron chi connectivity index (χ2n) is 2.58. The molecular formula is C6H13N5O3. The summed E-state index contributed by atoms with van der Waals surface area (Å²) in [5.41, 5.74) is 12.0. The SMILES string of the molecule is NC(N)=NCCCC(C=O)N[N+](=O)[O-]. The number of guanidine groups is 1. The molecule has 0 heterocycles. The van der Waals surface area contributed by atoms with E-state index in [1.165, 1.54) is 0 Å². The number of nitrogens with two attached hydrogens (primary N) is 2. The summed E-state index contributed by atoms with van der Waals surface area (Å²) in [4.78, 5) is 24.0. The van der Waals surface area contributed by atoms with Gasteiger partial charge in [0, 0.05) is 6.54 Å². The molecule has 0 rings (SSSR count). The number of hydrazine groups is 1. The number of carbonyl (C=O) groups excluding carboxylic acids is 1. The van der Waals surface area contributed by atoms with Crippen LogP contribution in [0.25, 0.3) is 0 Å². The van der Waals surface area contributed by atoms with Crippen LogP contribution in [0.4, 0.5) is 0 Å². The molecule has 0 aliphatic rings. The number of hydrogen-bond acceptors (Lipinski definition) is 4. The Morgan fingerprint density at radius 1 is 1.64 bits per heavy atom. The summed E-state index contributed by atoms with van der Waals surface area (Å²) in [5, 5.41) is 9.23. The van der Waals surface area contributed by atoms with Crippen LogP contribution < -0.4 is 16.9 Å². The van der Waals surface area contributed by atoms with Crippen molar-refractivity contribution < 1.29 is 9.83 Å². The number of nitrogens with one attached hydrogen (secondary N) is 1. The summed E-state index contributed by atoms with van der Waals surface area (Å²) < 4.78 is 0. The zero-order chi connectivity index (χ0) is 11.0. The maximum Gasteiger partial charge on any atom is 0.185 e. The fraction of sp³-hybridized carbons (Fsp3) is 0.667. The van der Waals surface area contributed by atoms with Gasteiger partial charge >= 0.3 is 0 Å². The minimum Gasteiger partial charge on any atom is -0.370 e. The van der Waals surface area contributed by atoms with Crippen molar-refractivity contribution in [3.05, 3.63) is 10.1 Å². The molecule has 14 heavy (non-hydrogen) atoms. The maximum atomic E-state index is 10.3. The van der Waals surface area contributed by atoms with Crippen LogP contribution in [-0.4, -0.2) is 29.9 Å². The fourth-order valence-electron chi connectivity index (χ4n) is 0.818. The summed E-state index contributed by atoms with van der Waals surface area (Å²) in [6, 6.07) is -0.792. The Balaban J connectivity index is 3.68. The molecule has 0 fully saturated rings. The molecule has 8 nitrogen and oxygen atoms in total. The molecule has 80 valence electrons. The van der Waals surface area contributed by atoms with E-state index in [4.69, 9.17) is 11.5 Å². The third-order valence-corrected chi connectivity index (χ3v) is 1.40. The number of nitro groups is 1. The first-order chi connectivity index (χ1) is 6.56. The normalized spacial score (nSPS) is 11.4. The minimum absolute atomic E-state index is 0.0325. The van der Waals surface area contributed by atoms with E-state index in [-0.39, 0.29) is 5.96 Å². The lowest BCUT2D eigenvalue weighted by Crippen LogP contribution is -2.35. The Hall–Kier alpha value is -1.86. The number of rotatable bonds is 7. The highest BCUT2D eigenvalue weighted by Crippen LogP contribution is 1.94. The first-order valence-corrected chi connectivity index (χ1v) is 3.97. The molecule has 0 radical (unpaired) electrons. The van der Waals surface area contributed by atoms with Crippen LogP contribution in [0.5, 0.6) is 0 Å². The summed E-state index contributed by atoms with van der Waals surface area (Å²) in [6.45, 7) is 0.353. The summed E-state index contributed by atoms with van der Waals surface area (Å²) in [6.07, 6.45) is 1.31. The highest BCUT2D eigenvalue weighted by Gasteiger charge is 2.10. The third kappa shape index (κ3) is 6.83. The van der Waals surface area contributed by atoms with Gasteiger partial charge < -0.3 is 16.3 Å². The van der Waals surface area contributed by atoms with Crippen molar-refractivity contribution in [3.63, 3.8) is 0 Å². The first-order valence-electron chi connectivity index (χ1n) is 3.97. The molecular weight excluding hydrogens is 190 g/mol. The average molecular weight is 203 g/mol. The molecule has 0 amide bonds. The Labute approximate surface area is 80.5 Å². The molecule has 0 spiro atoms. The predicted molar refractivity (Wildman–Crippen MR) is 49.9 cm³/mol. The van der Waals surface area contributed by atoms with E-state index in [0.717, 1.165) is 0 Å². The number of nitrogens with zero attached hydrogens (tertiary/aromatic N) is 2. The van der Waals surface area contributed by atoms with E-state index in [9.17, 15) is 14.9 Å².